The van der Waals surface area contributed by atoms with Gasteiger partial charge in [-0.25, -0.2) is 8.42 Å². The van der Waals surface area contributed by atoms with Crippen LogP contribution >= 0.6 is 11.6 Å². The molecule has 7 heteroatoms. The molecule has 24 heavy (non-hydrogen) atoms. The first kappa shape index (κ1) is 18.4. The van der Waals surface area contributed by atoms with Gasteiger partial charge in [0, 0.05) is 29.7 Å². The molecule has 0 unspecified atom stereocenters. The number of Topliss-reactive ketones (excluding diaryl/α,β-unsaturated/α-hetero) is 1. The molecule has 2 aromatic rings. The van der Waals surface area contributed by atoms with Gasteiger partial charge in [-0.15, -0.1) is 0 Å². The fourth-order valence-electron chi connectivity index (χ4n) is 2.24. The fourth-order valence-corrected chi connectivity index (χ4v) is 3.58. The number of benzene rings is 2. The predicted octanol–water partition coefficient (Wildman–Crippen LogP) is 3.37. The molecular formula is C17H18ClNO4S. The molecule has 0 spiro atoms. The van der Waals surface area contributed by atoms with Crippen molar-refractivity contribution < 1.29 is 17.9 Å². The maximum absolute atomic E-state index is 12.7. The summed E-state index contributed by atoms with van der Waals surface area (Å²) in [6.07, 6.45) is 0. The second-order valence-corrected chi connectivity index (χ2v) is 7.78. The van der Waals surface area contributed by atoms with Crippen molar-refractivity contribution in [2.75, 3.05) is 14.2 Å². The number of ether oxygens (including phenoxy) is 1. The molecule has 2 rings (SSSR count). The molecule has 0 bridgehead atoms. The van der Waals surface area contributed by atoms with Crippen LogP contribution in [0.15, 0.2) is 47.4 Å². The molecule has 128 valence electrons. The van der Waals surface area contributed by atoms with E-state index in [0.717, 1.165) is 0 Å². The highest BCUT2D eigenvalue weighted by Gasteiger charge is 2.22. The number of halogens is 1. The van der Waals surface area contributed by atoms with Crippen molar-refractivity contribution in [3.05, 3.63) is 58.6 Å². The number of methoxy groups -OCH3 is 1. The van der Waals surface area contributed by atoms with Crippen LogP contribution in [-0.4, -0.2) is 32.7 Å². The summed E-state index contributed by atoms with van der Waals surface area (Å²) < 4.78 is 31.8. The Hall–Kier alpha value is -1.89. The van der Waals surface area contributed by atoms with Crippen LogP contribution in [-0.2, 0) is 16.6 Å². The van der Waals surface area contributed by atoms with E-state index in [9.17, 15) is 13.2 Å². The van der Waals surface area contributed by atoms with Crippen LogP contribution in [0.25, 0.3) is 0 Å². The van der Waals surface area contributed by atoms with Gasteiger partial charge in [0.25, 0.3) is 0 Å². The molecule has 0 fully saturated rings. The van der Waals surface area contributed by atoms with E-state index in [1.54, 1.807) is 18.2 Å². The van der Waals surface area contributed by atoms with Crippen molar-refractivity contribution in [1.29, 1.82) is 0 Å². The molecule has 5 nitrogen and oxygen atoms in total. The molecule has 0 saturated carbocycles. The number of rotatable bonds is 6. The quantitative estimate of drug-likeness (QED) is 0.734. The van der Waals surface area contributed by atoms with Crippen molar-refractivity contribution in [2.24, 2.45) is 0 Å². The number of hydrogen-bond acceptors (Lipinski definition) is 4. The Morgan fingerprint density at radius 3 is 2.33 bits per heavy atom. The molecule has 0 atom stereocenters. The molecule has 0 heterocycles. The third-order valence-corrected chi connectivity index (χ3v) is 5.66. The third-order valence-electron chi connectivity index (χ3n) is 3.60. The zero-order chi connectivity index (χ0) is 17.9. The lowest BCUT2D eigenvalue weighted by Crippen LogP contribution is -2.26. The van der Waals surface area contributed by atoms with Gasteiger partial charge in [0.2, 0.25) is 10.0 Å². The normalized spacial score (nSPS) is 11.5. The van der Waals surface area contributed by atoms with Crippen LogP contribution in [0.3, 0.4) is 0 Å². The summed E-state index contributed by atoms with van der Waals surface area (Å²) >= 11 is 5.98. The first-order valence-corrected chi connectivity index (χ1v) is 8.97. The summed E-state index contributed by atoms with van der Waals surface area (Å²) in [5.41, 5.74) is 1.13. The van der Waals surface area contributed by atoms with Gasteiger partial charge < -0.3 is 4.74 Å². The third kappa shape index (κ3) is 3.95. The second-order valence-electron chi connectivity index (χ2n) is 5.30. The van der Waals surface area contributed by atoms with Gasteiger partial charge in [-0.3, -0.25) is 4.79 Å². The molecule has 2 aromatic carbocycles. The number of carbonyl (C=O) groups excluding carboxylic acids is 1. The van der Waals surface area contributed by atoms with Crippen molar-refractivity contribution in [2.45, 2.75) is 18.4 Å². The molecule has 0 amide bonds. The van der Waals surface area contributed by atoms with Crippen LogP contribution < -0.4 is 4.74 Å². The zero-order valence-corrected chi connectivity index (χ0v) is 15.2. The lowest BCUT2D eigenvalue weighted by molar-refractivity contribution is 0.101. The highest BCUT2D eigenvalue weighted by Crippen LogP contribution is 2.26. The summed E-state index contributed by atoms with van der Waals surface area (Å²) in [5, 5.41) is 0.502. The fraction of sp³-hybridized carbons (Fsp3) is 0.235. The Kier molecular flexibility index (Phi) is 5.64. The summed E-state index contributed by atoms with van der Waals surface area (Å²) in [6, 6.07) is 10.9. The van der Waals surface area contributed by atoms with E-state index in [4.69, 9.17) is 16.3 Å². The zero-order valence-electron chi connectivity index (χ0n) is 13.6. The van der Waals surface area contributed by atoms with Crippen LogP contribution in [0, 0.1) is 0 Å². The van der Waals surface area contributed by atoms with Crippen LogP contribution in [0.4, 0.5) is 0 Å². The lowest BCUT2D eigenvalue weighted by Gasteiger charge is -2.19. The van der Waals surface area contributed by atoms with E-state index in [1.807, 2.05) is 0 Å². The maximum Gasteiger partial charge on any atom is 0.243 e. The number of nitrogens with zero attached hydrogens (tertiary/aromatic N) is 1. The Morgan fingerprint density at radius 2 is 1.79 bits per heavy atom. The number of carbonyl (C=O) groups is 1. The second kappa shape index (κ2) is 7.34. The summed E-state index contributed by atoms with van der Waals surface area (Å²) in [4.78, 5) is 11.4. The number of sulfonamides is 1. The Labute approximate surface area is 146 Å². The molecule has 0 aliphatic rings. The molecule has 0 N–H and O–H groups in total. The predicted molar refractivity (Wildman–Crippen MR) is 93.1 cm³/mol. The van der Waals surface area contributed by atoms with Crippen LogP contribution in [0.5, 0.6) is 5.75 Å². The van der Waals surface area contributed by atoms with E-state index in [2.05, 4.69) is 0 Å². The minimum Gasteiger partial charge on any atom is -0.496 e. The van der Waals surface area contributed by atoms with Gasteiger partial charge in [-0.1, -0.05) is 23.7 Å². The van der Waals surface area contributed by atoms with Crippen molar-refractivity contribution in [3.8, 4) is 5.75 Å². The molecular weight excluding hydrogens is 350 g/mol. The minimum atomic E-state index is -3.69. The van der Waals surface area contributed by atoms with Gasteiger partial charge in [-0.2, -0.15) is 4.31 Å². The van der Waals surface area contributed by atoms with Crippen molar-refractivity contribution >= 4 is 27.4 Å². The topological polar surface area (TPSA) is 63.7 Å². The SMILES string of the molecule is COc1ccc(Cl)cc1CN(C)S(=O)(=O)c1ccc(C(C)=O)cc1. The van der Waals surface area contributed by atoms with Gasteiger partial charge in [0.15, 0.2) is 5.78 Å². The summed E-state index contributed by atoms with van der Waals surface area (Å²) in [6.45, 7) is 1.54. The monoisotopic (exact) mass is 367 g/mol. The molecule has 0 radical (unpaired) electrons. The van der Waals surface area contributed by atoms with Gasteiger partial charge in [-0.05, 0) is 37.3 Å². The average molecular weight is 368 g/mol. The Bertz CT molecular complexity index is 847. The number of ketones is 1. The maximum atomic E-state index is 12.7. The van der Waals surface area contributed by atoms with Crippen LogP contribution in [0.1, 0.15) is 22.8 Å². The van der Waals surface area contributed by atoms with E-state index in [0.29, 0.717) is 21.9 Å². The van der Waals surface area contributed by atoms with Crippen molar-refractivity contribution in [3.63, 3.8) is 0 Å². The average Bonchev–Trinajstić information content (AvgIpc) is 2.55. The Balaban J connectivity index is 2.29. The van der Waals surface area contributed by atoms with Crippen molar-refractivity contribution in [1.82, 2.24) is 4.31 Å². The van der Waals surface area contributed by atoms with Gasteiger partial charge in [0.05, 0.1) is 12.0 Å². The first-order valence-electron chi connectivity index (χ1n) is 7.15. The molecule has 0 aliphatic heterocycles. The van der Waals surface area contributed by atoms with E-state index in [1.165, 1.54) is 49.7 Å². The standard InChI is InChI=1S/C17H18ClNO4S/c1-12(20)13-4-7-16(8-5-13)24(21,22)19(2)11-14-10-15(18)6-9-17(14)23-3/h4-10H,11H2,1-3H3. The minimum absolute atomic E-state index is 0.112. The van der Waals surface area contributed by atoms with E-state index >= 15 is 0 Å². The highest BCUT2D eigenvalue weighted by atomic mass is 35.5. The molecule has 0 saturated heterocycles. The summed E-state index contributed by atoms with van der Waals surface area (Å²) in [5.74, 6) is 0.448. The number of hydrogen-bond donors (Lipinski definition) is 0. The molecule has 0 aliphatic carbocycles. The Morgan fingerprint density at radius 1 is 1.17 bits per heavy atom. The lowest BCUT2D eigenvalue weighted by atomic mass is 10.2. The van der Waals surface area contributed by atoms with Gasteiger partial charge >= 0.3 is 0 Å². The summed E-state index contributed by atoms with van der Waals surface area (Å²) in [7, 11) is -0.698. The van der Waals surface area contributed by atoms with Crippen LogP contribution in [0.2, 0.25) is 5.02 Å². The van der Waals surface area contributed by atoms with Gasteiger partial charge in [0.1, 0.15) is 5.75 Å². The van der Waals surface area contributed by atoms with E-state index < -0.39 is 10.0 Å². The highest BCUT2D eigenvalue weighted by molar-refractivity contribution is 7.89. The largest absolute Gasteiger partial charge is 0.496 e. The first-order chi connectivity index (χ1) is 11.3. The smallest absolute Gasteiger partial charge is 0.243 e. The molecule has 0 aromatic heterocycles. The van der Waals surface area contributed by atoms with E-state index in [-0.39, 0.29) is 17.2 Å².